The third-order valence-corrected chi connectivity index (χ3v) is 4.65. The molecule has 0 spiro atoms. The van der Waals surface area contributed by atoms with Crippen molar-refractivity contribution in [2.45, 2.75) is 70.4 Å². The summed E-state index contributed by atoms with van der Waals surface area (Å²) in [7, 11) is 0. The highest BCUT2D eigenvalue weighted by Gasteiger charge is 2.37. The molecule has 2 aliphatic rings. The molecule has 6 heteroatoms. The van der Waals surface area contributed by atoms with E-state index in [9.17, 15) is 4.79 Å². The second-order valence-corrected chi connectivity index (χ2v) is 6.53. The minimum Gasteiger partial charge on any atom is -0.445 e. The van der Waals surface area contributed by atoms with E-state index in [-0.39, 0.29) is 18.9 Å². The number of allylic oxidation sites excluding steroid dienone is 1. The number of nitrogens with one attached hydrogen (secondary N) is 1. The Bertz CT molecular complexity index is 443. The summed E-state index contributed by atoms with van der Waals surface area (Å²) < 4.78 is 17.3. The molecule has 0 aromatic heterocycles. The van der Waals surface area contributed by atoms with Gasteiger partial charge in [0.05, 0.1) is 6.04 Å². The minimum atomic E-state index is -0.479. The number of rotatable bonds is 8. The standard InChI is InChI=1S/C19H32N2O4/c1-4-13-24-19(22)21(15(3)5-2)18(16-10-6-8-12-20-16)25-17-11-7-9-14-23-17/h4,16-18,20H,1,3,5-14H2,2H3/t16-,17?,18-/m0/s1. The van der Waals surface area contributed by atoms with Crippen LogP contribution < -0.4 is 5.32 Å². The van der Waals surface area contributed by atoms with Crippen LogP contribution in [0.25, 0.3) is 0 Å². The number of nitrogens with zero attached hydrogens (tertiary/aromatic N) is 1. The van der Waals surface area contributed by atoms with Crippen LogP contribution in [0.3, 0.4) is 0 Å². The predicted octanol–water partition coefficient (Wildman–Crippen LogP) is 3.55. The van der Waals surface area contributed by atoms with Gasteiger partial charge in [0.2, 0.25) is 0 Å². The fraction of sp³-hybridized carbons (Fsp3) is 0.737. The lowest BCUT2D eigenvalue weighted by atomic mass is 10.0. The Morgan fingerprint density at radius 3 is 2.76 bits per heavy atom. The summed E-state index contributed by atoms with van der Waals surface area (Å²) in [4.78, 5) is 14.2. The molecule has 25 heavy (non-hydrogen) atoms. The van der Waals surface area contributed by atoms with Gasteiger partial charge in [0.15, 0.2) is 12.5 Å². The van der Waals surface area contributed by atoms with Crippen molar-refractivity contribution in [3.63, 3.8) is 0 Å². The second-order valence-electron chi connectivity index (χ2n) is 6.53. The van der Waals surface area contributed by atoms with Crippen molar-refractivity contribution in [3.05, 3.63) is 24.9 Å². The number of amides is 1. The van der Waals surface area contributed by atoms with Crippen LogP contribution in [0.5, 0.6) is 0 Å². The lowest BCUT2D eigenvalue weighted by molar-refractivity contribution is -0.219. The summed E-state index contributed by atoms with van der Waals surface area (Å²) >= 11 is 0. The van der Waals surface area contributed by atoms with Crippen LogP contribution in [0.15, 0.2) is 24.9 Å². The predicted molar refractivity (Wildman–Crippen MR) is 96.9 cm³/mol. The lowest BCUT2D eigenvalue weighted by Gasteiger charge is -2.41. The molecule has 2 rings (SSSR count). The normalized spacial score (nSPS) is 25.0. The first-order valence-electron chi connectivity index (χ1n) is 9.42. The molecule has 0 saturated carbocycles. The zero-order valence-electron chi connectivity index (χ0n) is 15.4. The molecule has 142 valence electrons. The van der Waals surface area contributed by atoms with Gasteiger partial charge >= 0.3 is 6.09 Å². The maximum Gasteiger partial charge on any atom is 0.416 e. The van der Waals surface area contributed by atoms with Crippen molar-refractivity contribution in [2.75, 3.05) is 19.8 Å². The monoisotopic (exact) mass is 352 g/mol. The highest BCUT2D eigenvalue weighted by molar-refractivity contribution is 5.70. The summed E-state index contributed by atoms with van der Waals surface area (Å²) in [6, 6.07) is 0.0406. The van der Waals surface area contributed by atoms with E-state index in [0.717, 1.165) is 45.1 Å². The molecule has 1 N–H and O–H groups in total. The van der Waals surface area contributed by atoms with E-state index in [0.29, 0.717) is 18.7 Å². The number of ether oxygens (including phenoxy) is 3. The zero-order chi connectivity index (χ0) is 18.1. The summed E-state index contributed by atoms with van der Waals surface area (Å²) in [6.45, 7) is 11.4. The lowest BCUT2D eigenvalue weighted by Crippen LogP contribution is -2.56. The SMILES string of the molecule is C=CCOC(=O)N(C(=C)CC)[C@@H](OC1CCCCO1)[C@@H]1CCCCN1. The average Bonchev–Trinajstić information content (AvgIpc) is 2.67. The van der Waals surface area contributed by atoms with Gasteiger partial charge in [0, 0.05) is 12.3 Å². The van der Waals surface area contributed by atoms with Crippen molar-refractivity contribution >= 4 is 6.09 Å². The van der Waals surface area contributed by atoms with Crippen molar-refractivity contribution in [3.8, 4) is 0 Å². The molecular weight excluding hydrogens is 320 g/mol. The Balaban J connectivity index is 2.18. The van der Waals surface area contributed by atoms with Crippen LogP contribution in [-0.2, 0) is 14.2 Å². The molecule has 1 unspecified atom stereocenters. The van der Waals surface area contributed by atoms with Crippen molar-refractivity contribution < 1.29 is 19.0 Å². The van der Waals surface area contributed by atoms with Crippen LogP contribution >= 0.6 is 0 Å². The summed E-state index contributed by atoms with van der Waals surface area (Å²) in [6.07, 6.45) is 7.15. The van der Waals surface area contributed by atoms with Gasteiger partial charge in [0.1, 0.15) is 6.61 Å². The Hall–Kier alpha value is -1.37. The van der Waals surface area contributed by atoms with Gasteiger partial charge in [-0.1, -0.05) is 32.6 Å². The van der Waals surface area contributed by atoms with Crippen LogP contribution in [0.1, 0.15) is 51.9 Å². The number of hydrogen-bond acceptors (Lipinski definition) is 5. The molecule has 2 heterocycles. The number of carbonyl (C=O) groups excluding carboxylic acids is 1. The molecule has 6 nitrogen and oxygen atoms in total. The van der Waals surface area contributed by atoms with E-state index >= 15 is 0 Å². The smallest absolute Gasteiger partial charge is 0.416 e. The van der Waals surface area contributed by atoms with Crippen molar-refractivity contribution in [1.29, 1.82) is 0 Å². The summed E-state index contributed by atoms with van der Waals surface area (Å²) in [5.74, 6) is 0. The Kier molecular flexibility index (Phi) is 8.44. The molecule has 0 bridgehead atoms. The van der Waals surface area contributed by atoms with Gasteiger partial charge in [-0.05, 0) is 45.1 Å². The molecule has 3 atom stereocenters. The largest absolute Gasteiger partial charge is 0.445 e. The Morgan fingerprint density at radius 1 is 1.36 bits per heavy atom. The Morgan fingerprint density at radius 2 is 2.16 bits per heavy atom. The molecule has 0 radical (unpaired) electrons. The van der Waals surface area contributed by atoms with Gasteiger partial charge in [-0.3, -0.25) is 4.90 Å². The van der Waals surface area contributed by atoms with Crippen LogP contribution in [0.2, 0.25) is 0 Å². The topological polar surface area (TPSA) is 60.0 Å². The van der Waals surface area contributed by atoms with E-state index in [4.69, 9.17) is 14.2 Å². The third kappa shape index (κ3) is 5.83. The van der Waals surface area contributed by atoms with Crippen LogP contribution in [-0.4, -0.2) is 49.3 Å². The fourth-order valence-corrected chi connectivity index (χ4v) is 3.21. The quantitative estimate of drug-likeness (QED) is 0.535. The average molecular weight is 352 g/mol. The first-order valence-corrected chi connectivity index (χ1v) is 9.42. The zero-order valence-corrected chi connectivity index (χ0v) is 15.4. The van der Waals surface area contributed by atoms with Crippen LogP contribution in [0.4, 0.5) is 4.79 Å². The number of carbonyl (C=O) groups is 1. The number of hydrogen-bond donors (Lipinski definition) is 1. The van der Waals surface area contributed by atoms with E-state index < -0.39 is 12.3 Å². The summed E-state index contributed by atoms with van der Waals surface area (Å²) in [5.41, 5.74) is 0.683. The van der Waals surface area contributed by atoms with E-state index in [1.165, 1.54) is 0 Å². The van der Waals surface area contributed by atoms with E-state index in [2.05, 4.69) is 18.5 Å². The first kappa shape index (κ1) is 19.9. The molecule has 2 fully saturated rings. The molecule has 2 saturated heterocycles. The van der Waals surface area contributed by atoms with Crippen LogP contribution in [0, 0.1) is 0 Å². The van der Waals surface area contributed by atoms with Gasteiger partial charge in [-0.25, -0.2) is 4.79 Å². The Labute approximate surface area is 151 Å². The fourth-order valence-electron chi connectivity index (χ4n) is 3.21. The van der Waals surface area contributed by atoms with E-state index in [1.54, 1.807) is 11.0 Å². The molecule has 0 aromatic rings. The molecule has 0 aromatic carbocycles. The minimum absolute atomic E-state index is 0.0406. The maximum absolute atomic E-state index is 12.7. The van der Waals surface area contributed by atoms with Gasteiger partial charge in [-0.2, -0.15) is 0 Å². The maximum atomic E-state index is 12.7. The van der Waals surface area contributed by atoms with E-state index in [1.807, 2.05) is 6.92 Å². The molecule has 0 aliphatic carbocycles. The number of piperidine rings is 1. The van der Waals surface area contributed by atoms with Crippen molar-refractivity contribution in [1.82, 2.24) is 10.2 Å². The molecule has 1 amide bonds. The first-order chi connectivity index (χ1) is 12.2. The second kappa shape index (κ2) is 10.6. The van der Waals surface area contributed by atoms with Gasteiger partial charge < -0.3 is 19.5 Å². The highest BCUT2D eigenvalue weighted by atomic mass is 16.7. The third-order valence-electron chi connectivity index (χ3n) is 4.65. The van der Waals surface area contributed by atoms with Gasteiger partial charge in [-0.15, -0.1) is 0 Å². The van der Waals surface area contributed by atoms with Gasteiger partial charge in [0.25, 0.3) is 0 Å². The molecular formula is C19H32N2O4. The highest BCUT2D eigenvalue weighted by Crippen LogP contribution is 2.25. The van der Waals surface area contributed by atoms with Crippen molar-refractivity contribution in [2.24, 2.45) is 0 Å². The molecule has 2 aliphatic heterocycles. The summed E-state index contributed by atoms with van der Waals surface area (Å²) in [5, 5.41) is 3.49.